The lowest BCUT2D eigenvalue weighted by Gasteiger charge is -2.17. The third-order valence-electron chi connectivity index (χ3n) is 2.47. The zero-order valence-electron chi connectivity index (χ0n) is 9.60. The van der Waals surface area contributed by atoms with Crippen LogP contribution < -0.4 is 0 Å². The fourth-order valence-electron chi connectivity index (χ4n) is 1.44. The monoisotopic (exact) mass is 221 g/mol. The van der Waals surface area contributed by atoms with Gasteiger partial charge in [-0.2, -0.15) is 0 Å². The van der Waals surface area contributed by atoms with Gasteiger partial charge in [-0.1, -0.05) is 12.1 Å². The van der Waals surface area contributed by atoms with E-state index >= 15 is 0 Å². The van der Waals surface area contributed by atoms with Crippen LogP contribution in [-0.2, 0) is 4.79 Å². The van der Waals surface area contributed by atoms with Crippen LogP contribution in [0.4, 0.5) is 0 Å². The van der Waals surface area contributed by atoms with Crippen LogP contribution in [0.1, 0.15) is 28.8 Å². The predicted molar refractivity (Wildman–Crippen MR) is 60.5 cm³/mol. The summed E-state index contributed by atoms with van der Waals surface area (Å²) in [5, 5.41) is 8.74. The molecule has 0 fully saturated rings. The molecule has 4 heteroatoms. The van der Waals surface area contributed by atoms with Crippen molar-refractivity contribution in [1.29, 1.82) is 0 Å². The number of aromatic carboxylic acids is 1. The van der Waals surface area contributed by atoms with E-state index in [0.717, 1.165) is 5.56 Å². The zero-order chi connectivity index (χ0) is 12.3. The standard InChI is InChI=1S/C12H15NO3/c1-8(11(14)13(2)3)9-4-6-10(7-5-9)12(15)16/h4-8H,1-3H3,(H,15,16). The number of likely N-dealkylation sites (N-methyl/N-ethyl adjacent to an activating group) is 1. The van der Waals surface area contributed by atoms with Crippen molar-refractivity contribution < 1.29 is 14.7 Å². The maximum Gasteiger partial charge on any atom is 0.335 e. The lowest BCUT2D eigenvalue weighted by atomic mass is 9.99. The Hall–Kier alpha value is -1.84. The van der Waals surface area contributed by atoms with Gasteiger partial charge in [0.1, 0.15) is 0 Å². The molecular weight excluding hydrogens is 206 g/mol. The molecule has 1 aromatic rings. The molecule has 0 aliphatic carbocycles. The number of hydrogen-bond donors (Lipinski definition) is 1. The Morgan fingerprint density at radius 1 is 1.19 bits per heavy atom. The predicted octanol–water partition coefficient (Wildman–Crippen LogP) is 1.58. The Labute approximate surface area is 94.5 Å². The van der Waals surface area contributed by atoms with Gasteiger partial charge in [-0.25, -0.2) is 4.79 Å². The molecule has 0 radical (unpaired) electrons. The fourth-order valence-corrected chi connectivity index (χ4v) is 1.44. The van der Waals surface area contributed by atoms with Crippen molar-refractivity contribution in [2.24, 2.45) is 0 Å². The second kappa shape index (κ2) is 4.79. The number of carbonyl (C=O) groups is 2. The van der Waals surface area contributed by atoms with Gasteiger partial charge in [0, 0.05) is 14.1 Å². The van der Waals surface area contributed by atoms with E-state index in [1.165, 1.54) is 17.0 Å². The molecule has 86 valence electrons. The average Bonchev–Trinajstić information content (AvgIpc) is 2.27. The highest BCUT2D eigenvalue weighted by atomic mass is 16.4. The highest BCUT2D eigenvalue weighted by Crippen LogP contribution is 2.17. The van der Waals surface area contributed by atoms with E-state index in [1.807, 2.05) is 0 Å². The topological polar surface area (TPSA) is 57.6 Å². The van der Waals surface area contributed by atoms with E-state index in [4.69, 9.17) is 5.11 Å². The molecular formula is C12H15NO3. The smallest absolute Gasteiger partial charge is 0.335 e. The van der Waals surface area contributed by atoms with Crippen LogP contribution in [0.3, 0.4) is 0 Å². The number of carboxylic acid groups (broad SMARTS) is 1. The van der Waals surface area contributed by atoms with E-state index in [-0.39, 0.29) is 17.4 Å². The molecule has 1 rings (SSSR count). The van der Waals surface area contributed by atoms with Crippen molar-refractivity contribution in [1.82, 2.24) is 4.90 Å². The number of benzene rings is 1. The minimum absolute atomic E-state index is 0.00285. The Morgan fingerprint density at radius 2 is 1.69 bits per heavy atom. The van der Waals surface area contributed by atoms with Crippen LogP contribution in [0.5, 0.6) is 0 Å². The van der Waals surface area contributed by atoms with Gasteiger partial charge in [-0.15, -0.1) is 0 Å². The number of amides is 1. The lowest BCUT2D eigenvalue weighted by Crippen LogP contribution is -2.26. The molecule has 0 spiro atoms. The first kappa shape index (κ1) is 12.2. The van der Waals surface area contributed by atoms with Crippen molar-refractivity contribution in [2.45, 2.75) is 12.8 Å². The van der Waals surface area contributed by atoms with Gasteiger partial charge in [-0.3, -0.25) is 4.79 Å². The zero-order valence-corrected chi connectivity index (χ0v) is 9.60. The SMILES string of the molecule is CC(C(=O)N(C)C)c1ccc(C(=O)O)cc1. The Kier molecular flexibility index (Phi) is 3.66. The Balaban J connectivity index is 2.89. The van der Waals surface area contributed by atoms with E-state index < -0.39 is 5.97 Å². The van der Waals surface area contributed by atoms with Gasteiger partial charge in [0.05, 0.1) is 11.5 Å². The van der Waals surface area contributed by atoms with Crippen molar-refractivity contribution in [3.8, 4) is 0 Å². The van der Waals surface area contributed by atoms with Crippen LogP contribution >= 0.6 is 0 Å². The van der Waals surface area contributed by atoms with Crippen LogP contribution in [0.2, 0.25) is 0 Å². The molecule has 0 saturated carbocycles. The van der Waals surface area contributed by atoms with Crippen LogP contribution in [0.15, 0.2) is 24.3 Å². The molecule has 0 saturated heterocycles. The highest BCUT2D eigenvalue weighted by molar-refractivity contribution is 5.88. The minimum Gasteiger partial charge on any atom is -0.478 e. The number of hydrogen-bond acceptors (Lipinski definition) is 2. The third kappa shape index (κ3) is 2.59. The molecule has 1 amide bonds. The first-order valence-electron chi connectivity index (χ1n) is 4.98. The fraction of sp³-hybridized carbons (Fsp3) is 0.333. The summed E-state index contributed by atoms with van der Waals surface area (Å²) in [6, 6.07) is 6.37. The number of rotatable bonds is 3. The van der Waals surface area contributed by atoms with Crippen LogP contribution in [0, 0.1) is 0 Å². The summed E-state index contributed by atoms with van der Waals surface area (Å²) in [7, 11) is 3.40. The highest BCUT2D eigenvalue weighted by Gasteiger charge is 2.17. The maximum atomic E-state index is 11.7. The van der Waals surface area contributed by atoms with Gasteiger partial charge >= 0.3 is 5.97 Å². The molecule has 4 nitrogen and oxygen atoms in total. The number of carbonyl (C=O) groups excluding carboxylic acids is 1. The second-order valence-corrected chi connectivity index (χ2v) is 3.88. The molecule has 1 unspecified atom stereocenters. The van der Waals surface area contributed by atoms with Crippen molar-refractivity contribution in [3.05, 3.63) is 35.4 Å². The van der Waals surface area contributed by atoms with Gasteiger partial charge < -0.3 is 10.0 Å². The third-order valence-corrected chi connectivity index (χ3v) is 2.47. The molecule has 0 aliphatic heterocycles. The lowest BCUT2D eigenvalue weighted by molar-refractivity contribution is -0.129. The summed E-state index contributed by atoms with van der Waals surface area (Å²) < 4.78 is 0. The molecule has 0 bridgehead atoms. The molecule has 1 atom stereocenters. The largest absolute Gasteiger partial charge is 0.478 e. The van der Waals surface area contributed by atoms with E-state index in [0.29, 0.717) is 0 Å². The molecule has 0 aromatic heterocycles. The molecule has 0 aliphatic rings. The second-order valence-electron chi connectivity index (χ2n) is 3.88. The molecule has 16 heavy (non-hydrogen) atoms. The quantitative estimate of drug-likeness (QED) is 0.843. The maximum absolute atomic E-state index is 11.7. The van der Waals surface area contributed by atoms with Crippen molar-refractivity contribution in [3.63, 3.8) is 0 Å². The Morgan fingerprint density at radius 3 is 2.06 bits per heavy atom. The summed E-state index contributed by atoms with van der Waals surface area (Å²) in [6.07, 6.45) is 0. The first-order chi connectivity index (χ1) is 7.43. The molecule has 0 heterocycles. The van der Waals surface area contributed by atoms with E-state index in [9.17, 15) is 9.59 Å². The van der Waals surface area contributed by atoms with E-state index in [2.05, 4.69) is 0 Å². The normalized spacial score (nSPS) is 11.9. The summed E-state index contributed by atoms with van der Waals surface area (Å²) in [5.41, 5.74) is 1.05. The summed E-state index contributed by atoms with van der Waals surface area (Å²) >= 11 is 0. The van der Waals surface area contributed by atoms with Gasteiger partial charge in [0.15, 0.2) is 0 Å². The average molecular weight is 221 g/mol. The van der Waals surface area contributed by atoms with Crippen molar-refractivity contribution >= 4 is 11.9 Å². The summed E-state index contributed by atoms with van der Waals surface area (Å²) in [5.74, 6) is -1.21. The van der Waals surface area contributed by atoms with Gasteiger partial charge in [-0.05, 0) is 24.6 Å². The summed E-state index contributed by atoms with van der Waals surface area (Å²) in [4.78, 5) is 23.8. The Bertz CT molecular complexity index is 395. The first-order valence-corrected chi connectivity index (χ1v) is 4.98. The number of carboxylic acids is 1. The molecule has 1 aromatic carbocycles. The molecule has 1 N–H and O–H groups in total. The summed E-state index contributed by atoms with van der Waals surface area (Å²) in [6.45, 7) is 1.80. The van der Waals surface area contributed by atoms with Crippen molar-refractivity contribution in [2.75, 3.05) is 14.1 Å². The van der Waals surface area contributed by atoms with Crippen LogP contribution in [-0.4, -0.2) is 36.0 Å². The minimum atomic E-state index is -0.960. The van der Waals surface area contributed by atoms with Crippen LogP contribution in [0.25, 0.3) is 0 Å². The van der Waals surface area contributed by atoms with E-state index in [1.54, 1.807) is 33.2 Å². The number of nitrogens with zero attached hydrogens (tertiary/aromatic N) is 1. The van der Waals surface area contributed by atoms with Gasteiger partial charge in [0.25, 0.3) is 0 Å². The van der Waals surface area contributed by atoms with Gasteiger partial charge in [0.2, 0.25) is 5.91 Å².